The molecular weight excluding hydrogens is 358 g/mol. The molecule has 0 aromatic carbocycles. The van der Waals surface area contributed by atoms with Crippen molar-refractivity contribution in [2.24, 2.45) is 0 Å². The molecule has 2 amide bonds. The van der Waals surface area contributed by atoms with Crippen molar-refractivity contribution in [2.45, 2.75) is 77.0 Å². The van der Waals surface area contributed by atoms with Crippen molar-refractivity contribution in [3.05, 3.63) is 6.20 Å². The van der Waals surface area contributed by atoms with E-state index in [4.69, 9.17) is 4.74 Å². The molecule has 1 aromatic rings. The molecule has 0 unspecified atom stereocenters. The third kappa shape index (κ3) is 3.52. The lowest BCUT2D eigenvalue weighted by Crippen LogP contribution is -2.56. The van der Waals surface area contributed by atoms with E-state index in [1.807, 2.05) is 9.80 Å². The number of fused-ring (bicyclic) bond motifs is 1. The Bertz CT molecular complexity index is 767. The van der Waals surface area contributed by atoms with E-state index in [0.717, 1.165) is 51.6 Å². The molecule has 1 aromatic heterocycles. The number of nitrogens with one attached hydrogen (secondary N) is 1. The van der Waals surface area contributed by atoms with Crippen LogP contribution >= 0.6 is 0 Å². The van der Waals surface area contributed by atoms with Gasteiger partial charge >= 0.3 is 0 Å². The maximum atomic E-state index is 13.1. The van der Waals surface area contributed by atoms with E-state index in [1.165, 1.54) is 0 Å². The first kappa shape index (κ1) is 19.0. The number of rotatable bonds is 3. The van der Waals surface area contributed by atoms with Crippen LogP contribution in [0.1, 0.15) is 59.3 Å². The van der Waals surface area contributed by atoms with Gasteiger partial charge in [0.15, 0.2) is 17.2 Å². The Balaban J connectivity index is 1.55. The summed E-state index contributed by atoms with van der Waals surface area (Å²) >= 11 is 0. The van der Waals surface area contributed by atoms with Crippen LogP contribution in [0, 0.1) is 0 Å². The highest BCUT2D eigenvalue weighted by atomic mass is 16.5. The maximum Gasteiger partial charge on any atom is 0.272 e. The summed E-state index contributed by atoms with van der Waals surface area (Å²) in [4.78, 5) is 37.4. The first-order valence-electron chi connectivity index (χ1n) is 10.3. The molecule has 3 aliphatic rings. The Kier molecular flexibility index (Phi) is 4.89. The van der Waals surface area contributed by atoms with Gasteiger partial charge < -0.3 is 15.0 Å². The molecule has 1 aliphatic carbocycles. The second-order valence-corrected chi connectivity index (χ2v) is 8.53. The average molecular weight is 387 g/mol. The van der Waals surface area contributed by atoms with E-state index in [9.17, 15) is 9.59 Å². The summed E-state index contributed by atoms with van der Waals surface area (Å²) in [6.45, 7) is 6.69. The Hall–Kier alpha value is -2.38. The zero-order valence-corrected chi connectivity index (χ0v) is 16.9. The third-order valence-corrected chi connectivity index (χ3v) is 6.03. The molecule has 3 heterocycles. The number of piperidine rings is 1. The van der Waals surface area contributed by atoms with Gasteiger partial charge in [0, 0.05) is 32.1 Å². The van der Waals surface area contributed by atoms with Crippen LogP contribution < -0.4 is 15.0 Å². The molecule has 0 bridgehead atoms. The van der Waals surface area contributed by atoms with Gasteiger partial charge in [0.25, 0.3) is 5.91 Å². The predicted molar refractivity (Wildman–Crippen MR) is 105 cm³/mol. The van der Waals surface area contributed by atoms with Gasteiger partial charge in [0.2, 0.25) is 11.9 Å². The minimum atomic E-state index is -0.909. The van der Waals surface area contributed by atoms with Crippen molar-refractivity contribution >= 4 is 23.6 Å². The number of aromatic nitrogens is 2. The molecule has 1 saturated heterocycles. The normalized spacial score (nSPS) is 22.8. The van der Waals surface area contributed by atoms with E-state index in [-0.39, 0.29) is 23.9 Å². The van der Waals surface area contributed by atoms with E-state index in [2.05, 4.69) is 15.3 Å². The molecule has 1 N–H and O–H groups in total. The van der Waals surface area contributed by atoms with Gasteiger partial charge in [0.05, 0.1) is 6.20 Å². The largest absolute Gasteiger partial charge is 0.472 e. The molecule has 2 aliphatic heterocycles. The molecular formula is C20H29N5O3. The van der Waals surface area contributed by atoms with Crippen molar-refractivity contribution in [3.8, 4) is 5.75 Å². The van der Waals surface area contributed by atoms with Gasteiger partial charge in [-0.3, -0.25) is 14.5 Å². The molecule has 2 fully saturated rings. The lowest BCUT2D eigenvalue weighted by molar-refractivity contribution is -0.133. The zero-order chi connectivity index (χ0) is 19.9. The van der Waals surface area contributed by atoms with E-state index in [1.54, 1.807) is 27.0 Å². The molecule has 0 spiro atoms. The second-order valence-electron chi connectivity index (χ2n) is 8.53. The maximum absolute atomic E-state index is 13.1. The molecule has 0 atom stereocenters. The fraction of sp³-hybridized carbons (Fsp3) is 0.700. The van der Waals surface area contributed by atoms with Crippen LogP contribution in [0.2, 0.25) is 0 Å². The van der Waals surface area contributed by atoms with Gasteiger partial charge in [-0.15, -0.1) is 0 Å². The number of carbonyl (C=O) groups excluding carboxylic acids is 2. The average Bonchev–Trinajstić information content (AvgIpc) is 3.18. The summed E-state index contributed by atoms with van der Waals surface area (Å²) in [6, 6.07) is 0.390. The van der Waals surface area contributed by atoms with Crippen molar-refractivity contribution in [1.29, 1.82) is 0 Å². The number of carbonyl (C=O) groups is 2. The summed E-state index contributed by atoms with van der Waals surface area (Å²) in [5.74, 6) is 1.74. The summed E-state index contributed by atoms with van der Waals surface area (Å²) in [5.41, 5.74) is -0.909. The number of likely N-dealkylation sites (tertiary alicyclic amines) is 1. The third-order valence-electron chi connectivity index (χ3n) is 6.03. The molecule has 152 valence electrons. The van der Waals surface area contributed by atoms with Crippen LogP contribution in [0.5, 0.6) is 5.75 Å². The molecule has 8 nitrogen and oxygen atoms in total. The van der Waals surface area contributed by atoms with E-state index >= 15 is 0 Å². The van der Waals surface area contributed by atoms with Gasteiger partial charge in [-0.2, -0.15) is 4.98 Å². The number of hydrogen-bond donors (Lipinski definition) is 1. The van der Waals surface area contributed by atoms with Gasteiger partial charge in [-0.25, -0.2) is 4.98 Å². The highest BCUT2D eigenvalue weighted by Crippen LogP contribution is 2.40. The van der Waals surface area contributed by atoms with Crippen molar-refractivity contribution < 1.29 is 14.3 Å². The van der Waals surface area contributed by atoms with Gasteiger partial charge in [0.1, 0.15) is 0 Å². The minimum Gasteiger partial charge on any atom is -0.472 e. The SMILES string of the molecule is CC(=O)N1CCC(Nc2ncc3c(n2)N(C2CCCC2)C(=O)C(C)(C)O3)CC1. The first-order valence-corrected chi connectivity index (χ1v) is 10.3. The zero-order valence-electron chi connectivity index (χ0n) is 16.9. The quantitative estimate of drug-likeness (QED) is 0.857. The predicted octanol–water partition coefficient (Wildman–Crippen LogP) is 2.35. The Morgan fingerprint density at radius 3 is 2.54 bits per heavy atom. The summed E-state index contributed by atoms with van der Waals surface area (Å²) in [7, 11) is 0. The van der Waals surface area contributed by atoms with Crippen LogP contribution in [0.4, 0.5) is 11.8 Å². The standard InChI is InChI=1S/C20H29N5O3/c1-13(26)24-10-8-14(9-11-24)22-19-21-12-16-17(23-19)25(15-6-4-5-7-15)18(27)20(2,3)28-16/h12,14-15H,4-11H2,1-3H3,(H,21,22,23). The van der Waals surface area contributed by atoms with Crippen molar-refractivity contribution in [2.75, 3.05) is 23.3 Å². The fourth-order valence-electron chi connectivity index (χ4n) is 4.40. The van der Waals surface area contributed by atoms with Crippen LogP contribution in [0.3, 0.4) is 0 Å². The fourth-order valence-corrected chi connectivity index (χ4v) is 4.40. The highest BCUT2D eigenvalue weighted by Gasteiger charge is 2.45. The van der Waals surface area contributed by atoms with Crippen LogP contribution in [0.15, 0.2) is 6.20 Å². The smallest absolute Gasteiger partial charge is 0.272 e. The summed E-state index contributed by atoms with van der Waals surface area (Å²) in [6.07, 6.45) is 7.65. The molecule has 0 radical (unpaired) electrons. The monoisotopic (exact) mass is 387 g/mol. The minimum absolute atomic E-state index is 0.0358. The first-order chi connectivity index (χ1) is 13.3. The van der Waals surface area contributed by atoms with E-state index in [0.29, 0.717) is 17.5 Å². The lowest BCUT2D eigenvalue weighted by Gasteiger charge is -2.40. The van der Waals surface area contributed by atoms with Crippen LogP contribution in [-0.2, 0) is 9.59 Å². The van der Waals surface area contributed by atoms with Crippen LogP contribution in [-0.4, -0.2) is 57.5 Å². The van der Waals surface area contributed by atoms with Crippen LogP contribution in [0.25, 0.3) is 0 Å². The summed E-state index contributed by atoms with van der Waals surface area (Å²) in [5, 5.41) is 3.38. The number of nitrogens with zero attached hydrogens (tertiary/aromatic N) is 4. The molecule has 1 saturated carbocycles. The molecule has 8 heteroatoms. The number of anilines is 2. The van der Waals surface area contributed by atoms with Crippen molar-refractivity contribution in [3.63, 3.8) is 0 Å². The van der Waals surface area contributed by atoms with Crippen molar-refractivity contribution in [1.82, 2.24) is 14.9 Å². The second kappa shape index (κ2) is 7.22. The summed E-state index contributed by atoms with van der Waals surface area (Å²) < 4.78 is 5.92. The number of hydrogen-bond acceptors (Lipinski definition) is 6. The van der Waals surface area contributed by atoms with E-state index < -0.39 is 5.60 Å². The topological polar surface area (TPSA) is 87.7 Å². The number of amides is 2. The molecule has 28 heavy (non-hydrogen) atoms. The Labute approximate surface area is 165 Å². The lowest BCUT2D eigenvalue weighted by atomic mass is 10.0. The number of ether oxygens (including phenoxy) is 1. The van der Waals surface area contributed by atoms with Gasteiger partial charge in [-0.1, -0.05) is 12.8 Å². The molecule has 4 rings (SSSR count). The Morgan fingerprint density at radius 2 is 1.89 bits per heavy atom. The Morgan fingerprint density at radius 1 is 1.21 bits per heavy atom. The highest BCUT2D eigenvalue weighted by molar-refractivity contribution is 6.02. The van der Waals surface area contributed by atoms with Gasteiger partial charge in [-0.05, 0) is 39.5 Å².